The van der Waals surface area contributed by atoms with E-state index >= 15 is 0 Å². The first-order valence-corrected chi connectivity index (χ1v) is 8.22. The summed E-state index contributed by atoms with van der Waals surface area (Å²) in [6, 6.07) is 9.54. The Morgan fingerprint density at radius 1 is 1.35 bits per heavy atom. The molecule has 1 aliphatic rings. The van der Waals surface area contributed by atoms with Crippen molar-refractivity contribution in [1.82, 2.24) is 10.2 Å². The molecule has 23 heavy (non-hydrogen) atoms. The van der Waals surface area contributed by atoms with Crippen LogP contribution in [-0.2, 0) is 16.1 Å². The molecule has 0 radical (unpaired) electrons. The first-order chi connectivity index (χ1) is 11.0. The lowest BCUT2D eigenvalue weighted by Gasteiger charge is -2.21. The maximum Gasteiger partial charge on any atom is 0.225 e. The van der Waals surface area contributed by atoms with Crippen molar-refractivity contribution in [3.63, 3.8) is 0 Å². The number of aliphatic hydroxyl groups excluding tert-OH is 1. The molecule has 1 heterocycles. The quantitative estimate of drug-likeness (QED) is 0.801. The van der Waals surface area contributed by atoms with Crippen LogP contribution in [-0.4, -0.2) is 41.0 Å². The highest BCUT2D eigenvalue weighted by Gasteiger charge is 2.34. The Bertz CT molecular complexity index is 530. The van der Waals surface area contributed by atoms with Crippen LogP contribution >= 0.6 is 0 Å². The summed E-state index contributed by atoms with van der Waals surface area (Å²) in [4.78, 5) is 26.2. The van der Waals surface area contributed by atoms with Crippen LogP contribution in [0.1, 0.15) is 32.3 Å². The van der Waals surface area contributed by atoms with Gasteiger partial charge < -0.3 is 15.3 Å². The largest absolute Gasteiger partial charge is 0.394 e. The summed E-state index contributed by atoms with van der Waals surface area (Å²) in [5.41, 5.74) is 1.06. The molecule has 2 rings (SSSR count). The topological polar surface area (TPSA) is 69.6 Å². The summed E-state index contributed by atoms with van der Waals surface area (Å²) in [7, 11) is 0. The zero-order valence-corrected chi connectivity index (χ0v) is 13.9. The van der Waals surface area contributed by atoms with E-state index in [2.05, 4.69) is 19.2 Å². The SMILES string of the molecule is CC(C)CC(CO)NC(=O)C1CC(=O)N(Cc2ccccc2)C1. The minimum atomic E-state index is -0.326. The Balaban J connectivity index is 1.89. The minimum absolute atomic E-state index is 0.0124. The highest BCUT2D eigenvalue weighted by Crippen LogP contribution is 2.21. The van der Waals surface area contributed by atoms with Gasteiger partial charge in [-0.25, -0.2) is 0 Å². The molecule has 1 saturated heterocycles. The van der Waals surface area contributed by atoms with Crippen molar-refractivity contribution in [2.45, 2.75) is 39.3 Å². The van der Waals surface area contributed by atoms with Gasteiger partial charge in [-0.2, -0.15) is 0 Å². The smallest absolute Gasteiger partial charge is 0.225 e. The highest BCUT2D eigenvalue weighted by molar-refractivity contribution is 5.89. The number of aliphatic hydroxyl groups is 1. The van der Waals surface area contributed by atoms with Crippen molar-refractivity contribution in [3.8, 4) is 0 Å². The fourth-order valence-corrected chi connectivity index (χ4v) is 2.97. The zero-order chi connectivity index (χ0) is 16.8. The summed E-state index contributed by atoms with van der Waals surface area (Å²) in [6.07, 6.45) is 0.981. The van der Waals surface area contributed by atoms with Gasteiger partial charge in [0.2, 0.25) is 11.8 Å². The number of carbonyl (C=O) groups is 2. The third-order valence-electron chi connectivity index (χ3n) is 4.12. The summed E-state index contributed by atoms with van der Waals surface area (Å²) >= 11 is 0. The maximum atomic E-state index is 12.3. The van der Waals surface area contributed by atoms with Crippen LogP contribution in [0.15, 0.2) is 30.3 Å². The molecule has 1 aliphatic heterocycles. The second kappa shape index (κ2) is 8.11. The van der Waals surface area contributed by atoms with Crippen molar-refractivity contribution in [2.75, 3.05) is 13.2 Å². The summed E-state index contributed by atoms with van der Waals surface area (Å²) in [5.74, 6) is -0.0494. The van der Waals surface area contributed by atoms with Crippen LogP contribution in [0.25, 0.3) is 0 Å². The average molecular weight is 318 g/mol. The maximum absolute atomic E-state index is 12.3. The van der Waals surface area contributed by atoms with Crippen molar-refractivity contribution < 1.29 is 14.7 Å². The number of hydrogen-bond donors (Lipinski definition) is 2. The van der Waals surface area contributed by atoms with Crippen LogP contribution in [0.5, 0.6) is 0 Å². The van der Waals surface area contributed by atoms with Crippen LogP contribution < -0.4 is 5.32 Å². The fraction of sp³-hybridized carbons (Fsp3) is 0.556. The molecule has 0 saturated carbocycles. The number of nitrogens with zero attached hydrogens (tertiary/aromatic N) is 1. The van der Waals surface area contributed by atoms with Crippen molar-refractivity contribution in [1.29, 1.82) is 0 Å². The van der Waals surface area contributed by atoms with E-state index < -0.39 is 0 Å². The van der Waals surface area contributed by atoms with Gasteiger partial charge in [0.05, 0.1) is 18.6 Å². The molecule has 5 heteroatoms. The number of amides is 2. The molecule has 5 nitrogen and oxygen atoms in total. The second-order valence-electron chi connectivity index (χ2n) is 6.68. The van der Waals surface area contributed by atoms with Gasteiger partial charge in [-0.3, -0.25) is 9.59 Å². The minimum Gasteiger partial charge on any atom is -0.394 e. The molecule has 1 aromatic carbocycles. The number of likely N-dealkylation sites (tertiary alicyclic amines) is 1. The number of hydrogen-bond acceptors (Lipinski definition) is 3. The first kappa shape index (κ1) is 17.5. The van der Waals surface area contributed by atoms with Gasteiger partial charge in [0.1, 0.15) is 0 Å². The lowest BCUT2D eigenvalue weighted by atomic mass is 10.0. The summed E-state index contributed by atoms with van der Waals surface area (Å²) < 4.78 is 0. The van der Waals surface area contributed by atoms with Crippen molar-refractivity contribution in [3.05, 3.63) is 35.9 Å². The molecule has 0 aliphatic carbocycles. The molecule has 2 N–H and O–H groups in total. The van der Waals surface area contributed by atoms with E-state index in [-0.39, 0.29) is 36.8 Å². The van der Waals surface area contributed by atoms with Gasteiger partial charge >= 0.3 is 0 Å². The van der Waals surface area contributed by atoms with Gasteiger partial charge in [0, 0.05) is 19.5 Å². The molecule has 2 unspecified atom stereocenters. The third-order valence-corrected chi connectivity index (χ3v) is 4.12. The average Bonchev–Trinajstić information content (AvgIpc) is 2.88. The van der Waals surface area contributed by atoms with E-state index in [9.17, 15) is 14.7 Å². The Morgan fingerprint density at radius 2 is 2.04 bits per heavy atom. The number of rotatable bonds is 7. The Morgan fingerprint density at radius 3 is 2.65 bits per heavy atom. The lowest BCUT2D eigenvalue weighted by molar-refractivity contribution is -0.129. The van der Waals surface area contributed by atoms with Gasteiger partial charge in [-0.05, 0) is 17.9 Å². The molecule has 126 valence electrons. The summed E-state index contributed by atoms with van der Waals surface area (Å²) in [6.45, 7) is 5.02. The van der Waals surface area contributed by atoms with E-state index in [0.29, 0.717) is 19.0 Å². The van der Waals surface area contributed by atoms with Crippen LogP contribution in [0.2, 0.25) is 0 Å². The zero-order valence-electron chi connectivity index (χ0n) is 13.9. The lowest BCUT2D eigenvalue weighted by Crippen LogP contribution is -2.42. The highest BCUT2D eigenvalue weighted by atomic mass is 16.3. The van der Waals surface area contributed by atoms with E-state index in [4.69, 9.17) is 0 Å². The molecule has 0 spiro atoms. The molecule has 1 fully saturated rings. The number of nitrogens with one attached hydrogen (secondary N) is 1. The van der Waals surface area contributed by atoms with Gasteiger partial charge in [0.25, 0.3) is 0 Å². The predicted molar refractivity (Wildman–Crippen MR) is 88.4 cm³/mol. The van der Waals surface area contributed by atoms with E-state index in [1.54, 1.807) is 4.90 Å². The normalized spacial score (nSPS) is 19.2. The molecular weight excluding hydrogens is 292 g/mol. The Hall–Kier alpha value is -1.88. The predicted octanol–water partition coefficient (Wildman–Crippen LogP) is 1.56. The number of benzene rings is 1. The number of carbonyl (C=O) groups excluding carboxylic acids is 2. The monoisotopic (exact) mass is 318 g/mol. The van der Waals surface area contributed by atoms with Gasteiger partial charge in [-0.1, -0.05) is 44.2 Å². The van der Waals surface area contributed by atoms with Crippen molar-refractivity contribution in [2.24, 2.45) is 11.8 Å². The summed E-state index contributed by atoms with van der Waals surface area (Å²) in [5, 5.41) is 12.3. The van der Waals surface area contributed by atoms with Crippen LogP contribution in [0.4, 0.5) is 0 Å². The third kappa shape index (κ3) is 5.06. The standard InChI is InChI=1S/C18H26N2O3/c1-13(2)8-16(12-21)19-18(23)15-9-17(22)20(11-15)10-14-6-4-3-5-7-14/h3-7,13,15-16,21H,8-12H2,1-2H3,(H,19,23). The molecule has 0 bridgehead atoms. The fourth-order valence-electron chi connectivity index (χ4n) is 2.97. The van der Waals surface area contributed by atoms with E-state index in [1.165, 1.54) is 0 Å². The molecule has 2 atom stereocenters. The molecular formula is C18H26N2O3. The van der Waals surface area contributed by atoms with E-state index in [0.717, 1.165) is 12.0 Å². The molecule has 2 amide bonds. The van der Waals surface area contributed by atoms with Crippen LogP contribution in [0.3, 0.4) is 0 Å². The second-order valence-corrected chi connectivity index (χ2v) is 6.68. The van der Waals surface area contributed by atoms with E-state index in [1.807, 2.05) is 30.3 Å². The molecule has 1 aromatic rings. The Kier molecular flexibility index (Phi) is 6.16. The van der Waals surface area contributed by atoms with Crippen molar-refractivity contribution >= 4 is 11.8 Å². The first-order valence-electron chi connectivity index (χ1n) is 8.22. The molecule has 0 aromatic heterocycles. The van der Waals surface area contributed by atoms with Crippen LogP contribution in [0, 0.1) is 11.8 Å². The van der Waals surface area contributed by atoms with Gasteiger partial charge in [-0.15, -0.1) is 0 Å². The van der Waals surface area contributed by atoms with Gasteiger partial charge in [0.15, 0.2) is 0 Å². The Labute approximate surface area is 137 Å².